The van der Waals surface area contributed by atoms with Gasteiger partial charge in [-0.25, -0.2) is 9.37 Å². The summed E-state index contributed by atoms with van der Waals surface area (Å²) in [4.78, 5) is 37.1. The number of carbonyl (C=O) groups is 2. The highest BCUT2D eigenvalue weighted by molar-refractivity contribution is 5.94. The molecule has 1 aliphatic carbocycles. The number of anilines is 3. The van der Waals surface area contributed by atoms with Crippen molar-refractivity contribution in [2.75, 3.05) is 29.9 Å². The van der Waals surface area contributed by atoms with Crippen LogP contribution >= 0.6 is 0 Å². The van der Waals surface area contributed by atoms with Gasteiger partial charge in [0.2, 0.25) is 11.9 Å². The second kappa shape index (κ2) is 8.37. The Balaban J connectivity index is 1.29. The van der Waals surface area contributed by atoms with Gasteiger partial charge >= 0.3 is 0 Å². The lowest BCUT2D eigenvalue weighted by Crippen LogP contribution is -2.56. The Hall–Kier alpha value is -3.23. The maximum atomic E-state index is 14.7. The van der Waals surface area contributed by atoms with Crippen molar-refractivity contribution < 1.29 is 14.0 Å². The van der Waals surface area contributed by atoms with E-state index in [2.05, 4.69) is 25.5 Å². The molecule has 0 spiro atoms. The van der Waals surface area contributed by atoms with Crippen LogP contribution in [0.1, 0.15) is 43.0 Å². The summed E-state index contributed by atoms with van der Waals surface area (Å²) in [6, 6.07) is 7.19. The molecule has 168 valence electrons. The molecule has 2 atom stereocenters. The molecule has 2 aliphatic heterocycles. The van der Waals surface area contributed by atoms with Gasteiger partial charge in [0.15, 0.2) is 11.6 Å². The summed E-state index contributed by atoms with van der Waals surface area (Å²) in [5, 5.41) is 5.84. The van der Waals surface area contributed by atoms with Crippen LogP contribution in [-0.2, 0) is 4.79 Å². The van der Waals surface area contributed by atoms with Crippen LogP contribution in [0.3, 0.4) is 0 Å². The molecule has 1 aromatic carbocycles. The number of aromatic nitrogens is 2. The first-order chi connectivity index (χ1) is 15.5. The van der Waals surface area contributed by atoms with Gasteiger partial charge in [0.1, 0.15) is 0 Å². The Morgan fingerprint density at radius 3 is 2.41 bits per heavy atom. The zero-order chi connectivity index (χ0) is 22.2. The number of nitrogens with zero attached hydrogens (tertiary/aromatic N) is 4. The van der Waals surface area contributed by atoms with E-state index < -0.39 is 5.82 Å². The highest BCUT2D eigenvalue weighted by Gasteiger charge is 2.47. The third-order valence-corrected chi connectivity index (χ3v) is 6.43. The Morgan fingerprint density at radius 1 is 1.09 bits per heavy atom. The molecule has 8 nitrogen and oxygen atoms in total. The average molecular weight is 439 g/mol. The zero-order valence-electron chi connectivity index (χ0n) is 18.1. The normalized spacial score (nSPS) is 22.1. The molecule has 3 fully saturated rings. The number of fused-ring (bicyclic) bond motifs is 2. The van der Waals surface area contributed by atoms with Gasteiger partial charge in [-0.3, -0.25) is 9.59 Å². The van der Waals surface area contributed by atoms with Crippen LogP contribution < -0.4 is 15.5 Å². The Labute approximate surface area is 186 Å². The van der Waals surface area contributed by atoms with Gasteiger partial charge in [-0.2, -0.15) is 4.98 Å². The van der Waals surface area contributed by atoms with Crippen molar-refractivity contribution in [3.8, 4) is 0 Å². The van der Waals surface area contributed by atoms with E-state index in [1.165, 1.54) is 6.20 Å². The average Bonchev–Trinajstić information content (AvgIpc) is 3.60. The number of nitrogens with one attached hydrogen (secondary N) is 2. The molecule has 0 radical (unpaired) electrons. The Bertz CT molecular complexity index is 1010. The summed E-state index contributed by atoms with van der Waals surface area (Å²) in [6.45, 7) is 3.61. The quantitative estimate of drug-likeness (QED) is 0.721. The van der Waals surface area contributed by atoms with Gasteiger partial charge < -0.3 is 20.4 Å². The minimum Gasteiger partial charge on any atom is -0.352 e. The molecule has 5 rings (SSSR count). The molecular formula is C23H27FN6O2. The van der Waals surface area contributed by atoms with Crippen molar-refractivity contribution in [2.24, 2.45) is 5.92 Å². The van der Waals surface area contributed by atoms with Crippen LogP contribution in [0, 0.1) is 11.7 Å². The maximum absolute atomic E-state index is 14.7. The molecule has 2 amide bonds. The standard InChI is InChI=1S/C23H27FN6O2/c1-2-25-21(31)14-5-7-16(8-6-14)27-23-26-11-19(24)20(28-23)29-12-17-9-10-18(13-29)30(17)22(32)15-3-4-15/h5-8,11,15,17-18H,2-4,9-10,12-13H2,1H3,(H,25,31)(H,26,27,28)/t17-,18-/m1/s1. The molecule has 2 N–H and O–H groups in total. The van der Waals surface area contributed by atoms with E-state index >= 15 is 0 Å². The van der Waals surface area contributed by atoms with Crippen LogP contribution in [0.25, 0.3) is 0 Å². The summed E-state index contributed by atoms with van der Waals surface area (Å²) in [5.74, 6) is 0.430. The second-order valence-electron chi connectivity index (χ2n) is 8.74. The molecule has 3 heterocycles. The predicted molar refractivity (Wildman–Crippen MR) is 118 cm³/mol. The summed E-state index contributed by atoms with van der Waals surface area (Å²) in [6.07, 6.45) is 5.08. The lowest BCUT2D eigenvalue weighted by Gasteiger charge is -2.41. The molecule has 0 unspecified atom stereocenters. The number of hydrogen-bond acceptors (Lipinski definition) is 6. The fraction of sp³-hybridized carbons (Fsp3) is 0.478. The molecule has 2 bridgehead atoms. The molecule has 32 heavy (non-hydrogen) atoms. The Morgan fingerprint density at radius 2 is 1.78 bits per heavy atom. The van der Waals surface area contributed by atoms with E-state index in [0.29, 0.717) is 30.9 Å². The van der Waals surface area contributed by atoms with Crippen molar-refractivity contribution in [2.45, 2.75) is 44.7 Å². The van der Waals surface area contributed by atoms with Crippen molar-refractivity contribution in [1.82, 2.24) is 20.2 Å². The summed E-state index contributed by atoms with van der Waals surface area (Å²) in [5.41, 5.74) is 1.27. The maximum Gasteiger partial charge on any atom is 0.251 e. The highest BCUT2D eigenvalue weighted by Crippen LogP contribution is 2.39. The predicted octanol–water partition coefficient (Wildman–Crippen LogP) is 2.70. The molecule has 1 aromatic heterocycles. The van der Waals surface area contributed by atoms with Crippen LogP contribution in [-0.4, -0.2) is 58.4 Å². The van der Waals surface area contributed by atoms with E-state index in [4.69, 9.17) is 0 Å². The summed E-state index contributed by atoms with van der Waals surface area (Å²) < 4.78 is 14.7. The third-order valence-electron chi connectivity index (χ3n) is 6.43. The smallest absolute Gasteiger partial charge is 0.251 e. The van der Waals surface area contributed by atoms with Crippen molar-refractivity contribution >= 4 is 29.3 Å². The van der Waals surface area contributed by atoms with Gasteiger partial charge in [0.05, 0.1) is 6.20 Å². The summed E-state index contributed by atoms with van der Waals surface area (Å²) >= 11 is 0. The van der Waals surface area contributed by atoms with Gasteiger partial charge in [0, 0.05) is 48.9 Å². The number of rotatable bonds is 6. The number of piperazine rings is 1. The fourth-order valence-corrected chi connectivity index (χ4v) is 4.71. The second-order valence-corrected chi connectivity index (χ2v) is 8.74. The molecule has 3 aliphatic rings. The number of carbonyl (C=O) groups excluding carboxylic acids is 2. The third kappa shape index (κ3) is 3.99. The molecule has 9 heteroatoms. The number of halogens is 1. The number of amides is 2. The molecule has 1 saturated carbocycles. The Kier molecular flexibility index (Phi) is 5.40. The lowest BCUT2D eigenvalue weighted by molar-refractivity contribution is -0.135. The summed E-state index contributed by atoms with van der Waals surface area (Å²) in [7, 11) is 0. The van der Waals surface area contributed by atoms with Crippen LogP contribution in [0.15, 0.2) is 30.5 Å². The van der Waals surface area contributed by atoms with Gasteiger partial charge in [-0.1, -0.05) is 0 Å². The van der Waals surface area contributed by atoms with E-state index in [1.54, 1.807) is 24.3 Å². The highest BCUT2D eigenvalue weighted by atomic mass is 19.1. The minimum absolute atomic E-state index is 0.120. The number of benzene rings is 1. The van der Waals surface area contributed by atoms with E-state index in [0.717, 1.165) is 25.7 Å². The van der Waals surface area contributed by atoms with Crippen molar-refractivity contribution in [3.05, 3.63) is 41.8 Å². The van der Waals surface area contributed by atoms with Gasteiger partial charge in [-0.05, 0) is 56.9 Å². The van der Waals surface area contributed by atoms with Gasteiger partial charge in [-0.15, -0.1) is 0 Å². The van der Waals surface area contributed by atoms with Crippen LogP contribution in [0.2, 0.25) is 0 Å². The van der Waals surface area contributed by atoms with Crippen molar-refractivity contribution in [3.63, 3.8) is 0 Å². The molecule has 2 aromatic rings. The fourth-order valence-electron chi connectivity index (χ4n) is 4.71. The molecular weight excluding hydrogens is 411 g/mol. The molecule has 2 saturated heterocycles. The zero-order valence-corrected chi connectivity index (χ0v) is 18.1. The first-order valence-electron chi connectivity index (χ1n) is 11.3. The SMILES string of the molecule is CCNC(=O)c1ccc(Nc2ncc(F)c(N3C[C@H]4CC[C@H](C3)N4C(=O)C3CC3)n2)cc1. The first kappa shape index (κ1) is 20.7. The van der Waals surface area contributed by atoms with Gasteiger partial charge in [0.25, 0.3) is 5.91 Å². The van der Waals surface area contributed by atoms with Crippen LogP contribution in [0.5, 0.6) is 0 Å². The van der Waals surface area contributed by atoms with E-state index in [9.17, 15) is 14.0 Å². The van der Waals surface area contributed by atoms with E-state index in [-0.39, 0.29) is 41.6 Å². The van der Waals surface area contributed by atoms with E-state index in [1.807, 2.05) is 11.8 Å². The number of hydrogen-bond donors (Lipinski definition) is 2. The van der Waals surface area contributed by atoms with Crippen LogP contribution in [0.4, 0.5) is 21.8 Å². The largest absolute Gasteiger partial charge is 0.352 e. The van der Waals surface area contributed by atoms with Crippen molar-refractivity contribution in [1.29, 1.82) is 0 Å². The monoisotopic (exact) mass is 438 g/mol. The minimum atomic E-state index is -0.469. The topological polar surface area (TPSA) is 90.5 Å². The lowest BCUT2D eigenvalue weighted by atomic mass is 10.1. The first-order valence-corrected chi connectivity index (χ1v) is 11.3.